The summed E-state index contributed by atoms with van der Waals surface area (Å²) in [7, 11) is 0. The van der Waals surface area contributed by atoms with Crippen molar-refractivity contribution in [2.24, 2.45) is 0 Å². The molecule has 23 heavy (non-hydrogen) atoms. The topological polar surface area (TPSA) is 67.6 Å². The third kappa shape index (κ3) is 2.74. The van der Waals surface area contributed by atoms with Crippen molar-refractivity contribution in [1.29, 1.82) is 0 Å². The number of morpholine rings is 1. The molecule has 2 aliphatic rings. The summed E-state index contributed by atoms with van der Waals surface area (Å²) in [5.74, 6) is 0.122. The van der Waals surface area contributed by atoms with Crippen LogP contribution < -0.4 is 5.32 Å². The molecular formula is C14H18F2N6O. The molecule has 0 atom stereocenters. The smallest absolute Gasteiger partial charge is 0.299 e. The maximum Gasteiger partial charge on any atom is 0.299 e. The summed E-state index contributed by atoms with van der Waals surface area (Å²) >= 11 is 0. The van der Waals surface area contributed by atoms with Gasteiger partial charge in [-0.3, -0.25) is 4.90 Å². The first-order chi connectivity index (χ1) is 11.2. The van der Waals surface area contributed by atoms with Crippen LogP contribution in [-0.2, 0) is 4.74 Å². The summed E-state index contributed by atoms with van der Waals surface area (Å²) in [6.07, 6.45) is -0.426. The van der Waals surface area contributed by atoms with Crippen LogP contribution in [0.5, 0.6) is 0 Å². The van der Waals surface area contributed by atoms with Gasteiger partial charge in [-0.15, -0.1) is 15.3 Å². The van der Waals surface area contributed by atoms with E-state index in [0.717, 1.165) is 50.2 Å². The number of nitrogens with zero attached hydrogens (tertiary/aromatic N) is 5. The van der Waals surface area contributed by atoms with E-state index in [1.807, 2.05) is 0 Å². The molecular weight excluding hydrogens is 306 g/mol. The lowest BCUT2D eigenvalue weighted by Gasteiger charge is -2.35. The van der Waals surface area contributed by atoms with E-state index in [1.54, 1.807) is 12.1 Å². The Kier molecular flexibility index (Phi) is 3.61. The van der Waals surface area contributed by atoms with Gasteiger partial charge in [0.15, 0.2) is 5.65 Å². The molecule has 1 saturated carbocycles. The molecule has 1 aliphatic carbocycles. The summed E-state index contributed by atoms with van der Waals surface area (Å²) in [5, 5.41) is 14.6. The predicted octanol–water partition coefficient (Wildman–Crippen LogP) is 1.34. The highest BCUT2D eigenvalue weighted by Crippen LogP contribution is 2.42. The number of ether oxygens (including phenoxy) is 1. The van der Waals surface area contributed by atoms with E-state index in [-0.39, 0.29) is 5.54 Å². The van der Waals surface area contributed by atoms with Gasteiger partial charge >= 0.3 is 0 Å². The van der Waals surface area contributed by atoms with Crippen LogP contribution in [0.15, 0.2) is 12.1 Å². The normalized spacial score (nSPS) is 21.0. The SMILES string of the molecule is FC(F)c1nnc2ccc(NCC3(N4CCOCC4)CC3)nn12. The van der Waals surface area contributed by atoms with E-state index < -0.39 is 12.2 Å². The van der Waals surface area contributed by atoms with Crippen molar-refractivity contribution >= 4 is 11.5 Å². The summed E-state index contributed by atoms with van der Waals surface area (Å²) in [6, 6.07) is 3.39. The van der Waals surface area contributed by atoms with Crippen molar-refractivity contribution in [2.45, 2.75) is 24.8 Å². The zero-order chi connectivity index (χ0) is 15.9. The molecule has 0 spiro atoms. The van der Waals surface area contributed by atoms with Crippen molar-refractivity contribution < 1.29 is 13.5 Å². The van der Waals surface area contributed by atoms with Crippen molar-refractivity contribution in [3.63, 3.8) is 0 Å². The van der Waals surface area contributed by atoms with Crippen LogP contribution in [0.2, 0.25) is 0 Å². The van der Waals surface area contributed by atoms with Crippen LogP contribution in [0.1, 0.15) is 25.1 Å². The fraction of sp³-hybridized carbons (Fsp3) is 0.643. The number of fused-ring (bicyclic) bond motifs is 1. The molecule has 0 unspecified atom stereocenters. The molecule has 124 valence electrons. The first-order valence-electron chi connectivity index (χ1n) is 7.75. The van der Waals surface area contributed by atoms with Crippen LogP contribution in [0.25, 0.3) is 5.65 Å². The molecule has 2 aromatic rings. The van der Waals surface area contributed by atoms with Gasteiger partial charge in [-0.25, -0.2) is 8.78 Å². The monoisotopic (exact) mass is 324 g/mol. The molecule has 1 saturated heterocycles. The molecule has 2 fully saturated rings. The molecule has 9 heteroatoms. The Balaban J connectivity index is 1.48. The maximum atomic E-state index is 12.9. The molecule has 1 aliphatic heterocycles. The van der Waals surface area contributed by atoms with Gasteiger partial charge in [0.2, 0.25) is 5.82 Å². The van der Waals surface area contributed by atoms with Gasteiger partial charge in [0.05, 0.1) is 13.2 Å². The molecule has 1 N–H and O–H groups in total. The Morgan fingerprint density at radius 1 is 1.22 bits per heavy atom. The second-order valence-electron chi connectivity index (χ2n) is 6.02. The molecule has 2 aromatic heterocycles. The average molecular weight is 324 g/mol. The Morgan fingerprint density at radius 2 is 2.00 bits per heavy atom. The number of aromatic nitrogens is 4. The second kappa shape index (κ2) is 5.64. The highest BCUT2D eigenvalue weighted by Gasteiger charge is 2.47. The Morgan fingerprint density at radius 3 is 2.70 bits per heavy atom. The Labute approximate surface area is 131 Å². The zero-order valence-electron chi connectivity index (χ0n) is 12.6. The van der Waals surface area contributed by atoms with Gasteiger partial charge in [0, 0.05) is 25.2 Å². The number of anilines is 1. The van der Waals surface area contributed by atoms with Crippen LogP contribution in [0.3, 0.4) is 0 Å². The molecule has 0 bridgehead atoms. The van der Waals surface area contributed by atoms with Crippen molar-refractivity contribution in [3.8, 4) is 0 Å². The fourth-order valence-corrected chi connectivity index (χ4v) is 3.08. The number of hydrogen-bond donors (Lipinski definition) is 1. The number of hydrogen-bond acceptors (Lipinski definition) is 6. The number of nitrogens with one attached hydrogen (secondary N) is 1. The molecule has 0 radical (unpaired) electrons. The lowest BCUT2D eigenvalue weighted by Crippen LogP contribution is -2.48. The number of halogens is 2. The molecule has 0 aromatic carbocycles. The van der Waals surface area contributed by atoms with Crippen molar-refractivity contribution in [3.05, 3.63) is 18.0 Å². The van der Waals surface area contributed by atoms with Crippen LogP contribution in [0, 0.1) is 0 Å². The molecule has 0 amide bonds. The summed E-state index contributed by atoms with van der Waals surface area (Å²) in [5.41, 5.74) is 0.472. The van der Waals surface area contributed by atoms with E-state index in [1.165, 1.54) is 0 Å². The number of rotatable bonds is 5. The van der Waals surface area contributed by atoms with E-state index in [0.29, 0.717) is 11.5 Å². The van der Waals surface area contributed by atoms with Crippen molar-refractivity contribution in [2.75, 3.05) is 38.2 Å². The average Bonchev–Trinajstić information content (AvgIpc) is 3.25. The quantitative estimate of drug-likeness (QED) is 0.895. The minimum Gasteiger partial charge on any atom is -0.379 e. The zero-order valence-corrected chi connectivity index (χ0v) is 12.6. The Hall–Kier alpha value is -1.87. The molecule has 4 rings (SSSR count). The van der Waals surface area contributed by atoms with E-state index in [2.05, 4.69) is 25.5 Å². The standard InChI is InChI=1S/C14H18F2N6O/c15-12(16)13-19-18-11-2-1-10(20-22(11)13)17-9-14(3-4-14)21-5-7-23-8-6-21/h1-2,12H,3-9H2,(H,17,20). The summed E-state index contributed by atoms with van der Waals surface area (Å²) in [4.78, 5) is 2.45. The first kappa shape index (κ1) is 14.7. The highest BCUT2D eigenvalue weighted by atomic mass is 19.3. The fourth-order valence-electron chi connectivity index (χ4n) is 3.08. The van der Waals surface area contributed by atoms with E-state index >= 15 is 0 Å². The molecule has 3 heterocycles. The second-order valence-corrected chi connectivity index (χ2v) is 6.02. The van der Waals surface area contributed by atoms with Crippen LogP contribution in [-0.4, -0.2) is 63.1 Å². The minimum atomic E-state index is -2.70. The predicted molar refractivity (Wildman–Crippen MR) is 78.6 cm³/mol. The van der Waals surface area contributed by atoms with Crippen molar-refractivity contribution in [1.82, 2.24) is 24.7 Å². The van der Waals surface area contributed by atoms with Gasteiger partial charge < -0.3 is 10.1 Å². The highest BCUT2D eigenvalue weighted by molar-refractivity contribution is 5.44. The van der Waals surface area contributed by atoms with Gasteiger partial charge in [-0.1, -0.05) is 0 Å². The van der Waals surface area contributed by atoms with E-state index in [4.69, 9.17) is 4.74 Å². The van der Waals surface area contributed by atoms with E-state index in [9.17, 15) is 8.78 Å². The van der Waals surface area contributed by atoms with Crippen LogP contribution >= 0.6 is 0 Å². The Bertz CT molecular complexity index is 696. The third-order valence-electron chi connectivity index (χ3n) is 4.59. The van der Waals surface area contributed by atoms with Gasteiger partial charge in [0.25, 0.3) is 6.43 Å². The largest absolute Gasteiger partial charge is 0.379 e. The summed E-state index contributed by atoms with van der Waals surface area (Å²) in [6.45, 7) is 4.16. The number of alkyl halides is 2. The van der Waals surface area contributed by atoms with Gasteiger partial charge in [-0.2, -0.15) is 4.52 Å². The lowest BCUT2D eigenvalue weighted by atomic mass is 10.2. The first-order valence-corrected chi connectivity index (χ1v) is 7.75. The minimum absolute atomic E-state index is 0.152. The van der Waals surface area contributed by atoms with Gasteiger partial charge in [0.1, 0.15) is 5.82 Å². The molecule has 7 nitrogen and oxygen atoms in total. The maximum absolute atomic E-state index is 12.9. The summed E-state index contributed by atoms with van der Waals surface area (Å²) < 4.78 is 32.3. The van der Waals surface area contributed by atoms with Gasteiger partial charge in [-0.05, 0) is 25.0 Å². The lowest BCUT2D eigenvalue weighted by molar-refractivity contribution is 0.0125. The van der Waals surface area contributed by atoms with Crippen LogP contribution in [0.4, 0.5) is 14.6 Å². The third-order valence-corrected chi connectivity index (χ3v) is 4.59.